The number of hydrogen-bond acceptors (Lipinski definition) is 5. The van der Waals surface area contributed by atoms with Crippen LogP contribution in [0.25, 0.3) is 21.1 Å². The molecule has 6 heteroatoms. The number of rotatable bonds is 4. The van der Waals surface area contributed by atoms with Gasteiger partial charge in [0.05, 0.1) is 26.0 Å². The Morgan fingerprint density at radius 3 is 2.60 bits per heavy atom. The largest absolute Gasteiger partial charge is 0.301 e. The first-order chi connectivity index (χ1) is 12.2. The predicted molar refractivity (Wildman–Crippen MR) is 105 cm³/mol. The molecule has 4 aromatic rings. The molecule has 0 radical (unpaired) electrons. The van der Waals surface area contributed by atoms with E-state index in [1.54, 1.807) is 0 Å². The van der Waals surface area contributed by atoms with Crippen molar-refractivity contribution in [2.24, 2.45) is 0 Å². The van der Waals surface area contributed by atoms with Gasteiger partial charge in [-0.05, 0) is 31.2 Å². The zero-order valence-corrected chi connectivity index (χ0v) is 15.1. The van der Waals surface area contributed by atoms with E-state index in [-0.39, 0.29) is 11.2 Å². The summed E-state index contributed by atoms with van der Waals surface area (Å²) in [5.41, 5.74) is 1.84. The van der Waals surface area contributed by atoms with E-state index in [1.807, 2.05) is 67.6 Å². The highest BCUT2D eigenvalue weighted by Gasteiger charge is 2.17. The van der Waals surface area contributed by atoms with Crippen molar-refractivity contribution in [3.05, 3.63) is 60.7 Å². The summed E-state index contributed by atoms with van der Waals surface area (Å²) in [7, 11) is 0. The van der Waals surface area contributed by atoms with Gasteiger partial charge in [0, 0.05) is 5.39 Å². The summed E-state index contributed by atoms with van der Waals surface area (Å²) in [5, 5.41) is 5.21. The molecular formula is C19H15N3OS2. The Kier molecular flexibility index (Phi) is 4.38. The summed E-state index contributed by atoms with van der Waals surface area (Å²) in [6.45, 7) is 1.88. The highest BCUT2D eigenvalue weighted by molar-refractivity contribution is 8.00. The molecular weight excluding hydrogens is 350 g/mol. The van der Waals surface area contributed by atoms with Crippen LogP contribution >= 0.6 is 23.1 Å². The standard InChI is InChI=1S/C19H15N3OS2/c1-12(24-17-11-10-13-6-2-3-7-14(13)20-17)18(23)22-19-21-15-8-4-5-9-16(15)25-19/h2-12H,1H3,(H,21,22,23). The molecule has 4 rings (SSSR count). The van der Waals surface area contributed by atoms with Crippen molar-refractivity contribution >= 4 is 55.3 Å². The fourth-order valence-electron chi connectivity index (χ4n) is 2.48. The maximum absolute atomic E-state index is 12.5. The summed E-state index contributed by atoms with van der Waals surface area (Å²) < 4.78 is 1.06. The normalized spacial score (nSPS) is 12.4. The lowest BCUT2D eigenvalue weighted by Crippen LogP contribution is -2.22. The lowest BCUT2D eigenvalue weighted by molar-refractivity contribution is -0.115. The van der Waals surface area contributed by atoms with Gasteiger partial charge in [-0.1, -0.05) is 59.5 Å². The lowest BCUT2D eigenvalue weighted by Gasteiger charge is -2.10. The van der Waals surface area contributed by atoms with Gasteiger partial charge in [0.1, 0.15) is 0 Å². The first-order valence-corrected chi connectivity index (χ1v) is 9.57. The zero-order chi connectivity index (χ0) is 17.2. The smallest absolute Gasteiger partial charge is 0.239 e. The molecule has 1 atom stereocenters. The van der Waals surface area contributed by atoms with Crippen LogP contribution in [0.2, 0.25) is 0 Å². The minimum absolute atomic E-state index is 0.0704. The number of carbonyl (C=O) groups excluding carboxylic acids is 1. The number of anilines is 1. The number of benzene rings is 2. The van der Waals surface area contributed by atoms with E-state index < -0.39 is 0 Å². The SMILES string of the molecule is CC(Sc1ccc2ccccc2n1)C(=O)Nc1nc2ccccc2s1. The predicted octanol–water partition coefficient (Wildman–Crippen LogP) is 4.96. The molecule has 0 saturated heterocycles. The molecule has 0 spiro atoms. The molecule has 0 aliphatic carbocycles. The van der Waals surface area contributed by atoms with E-state index in [4.69, 9.17) is 0 Å². The first-order valence-electron chi connectivity index (χ1n) is 7.88. The second-order valence-corrected chi connectivity index (χ2v) is 7.97. The van der Waals surface area contributed by atoms with Gasteiger partial charge in [-0.15, -0.1) is 0 Å². The van der Waals surface area contributed by atoms with Crippen molar-refractivity contribution < 1.29 is 4.79 Å². The average Bonchev–Trinajstić information content (AvgIpc) is 3.03. The number of nitrogens with zero attached hydrogens (tertiary/aromatic N) is 2. The third-order valence-corrected chi connectivity index (χ3v) is 5.75. The van der Waals surface area contributed by atoms with E-state index >= 15 is 0 Å². The van der Waals surface area contributed by atoms with Crippen LogP contribution in [0.15, 0.2) is 65.7 Å². The molecule has 0 aliphatic rings. The Labute approximate surface area is 153 Å². The molecule has 1 amide bonds. The van der Waals surface area contributed by atoms with Crippen molar-refractivity contribution in [1.29, 1.82) is 0 Å². The molecule has 2 aromatic heterocycles. The molecule has 4 nitrogen and oxygen atoms in total. The molecule has 25 heavy (non-hydrogen) atoms. The van der Waals surface area contributed by atoms with E-state index in [0.717, 1.165) is 26.1 Å². The van der Waals surface area contributed by atoms with Crippen LogP contribution in [0, 0.1) is 0 Å². The highest BCUT2D eigenvalue weighted by atomic mass is 32.2. The number of thiazole rings is 1. The Morgan fingerprint density at radius 2 is 1.76 bits per heavy atom. The maximum atomic E-state index is 12.5. The molecule has 0 fully saturated rings. The van der Waals surface area contributed by atoms with Gasteiger partial charge in [-0.2, -0.15) is 0 Å². The summed E-state index contributed by atoms with van der Waals surface area (Å²) in [4.78, 5) is 21.5. The Morgan fingerprint density at radius 1 is 1.00 bits per heavy atom. The van der Waals surface area contributed by atoms with Gasteiger partial charge in [-0.25, -0.2) is 9.97 Å². The van der Waals surface area contributed by atoms with Gasteiger partial charge in [-0.3, -0.25) is 4.79 Å². The average molecular weight is 365 g/mol. The monoisotopic (exact) mass is 365 g/mol. The van der Waals surface area contributed by atoms with Crippen LogP contribution < -0.4 is 5.32 Å². The highest BCUT2D eigenvalue weighted by Crippen LogP contribution is 2.28. The second-order valence-electron chi connectivity index (χ2n) is 5.58. The maximum Gasteiger partial charge on any atom is 0.239 e. The molecule has 2 aromatic carbocycles. The second kappa shape index (κ2) is 6.82. The Hall–Kier alpha value is -2.44. The van der Waals surface area contributed by atoms with Crippen LogP contribution in [-0.2, 0) is 4.79 Å². The fraction of sp³-hybridized carbons (Fsp3) is 0.105. The number of para-hydroxylation sites is 2. The summed E-state index contributed by atoms with van der Waals surface area (Å²) in [6.07, 6.45) is 0. The van der Waals surface area contributed by atoms with E-state index in [1.165, 1.54) is 23.1 Å². The van der Waals surface area contributed by atoms with Crippen molar-refractivity contribution in [3.8, 4) is 0 Å². The van der Waals surface area contributed by atoms with E-state index in [2.05, 4.69) is 15.3 Å². The number of thioether (sulfide) groups is 1. The number of aromatic nitrogens is 2. The number of amides is 1. The number of hydrogen-bond donors (Lipinski definition) is 1. The number of fused-ring (bicyclic) bond motifs is 2. The summed E-state index contributed by atoms with van der Waals surface area (Å²) >= 11 is 2.93. The number of carbonyl (C=O) groups is 1. The van der Waals surface area contributed by atoms with Crippen molar-refractivity contribution in [2.45, 2.75) is 17.2 Å². The Bertz CT molecular complexity index is 1030. The molecule has 1 N–H and O–H groups in total. The van der Waals surface area contributed by atoms with Crippen LogP contribution in [-0.4, -0.2) is 21.1 Å². The van der Waals surface area contributed by atoms with Gasteiger partial charge in [0.15, 0.2) is 5.13 Å². The first kappa shape index (κ1) is 16.1. The molecule has 0 aliphatic heterocycles. The van der Waals surface area contributed by atoms with Crippen molar-refractivity contribution in [3.63, 3.8) is 0 Å². The molecule has 0 saturated carbocycles. The summed E-state index contributed by atoms with van der Waals surface area (Å²) in [5.74, 6) is -0.0704. The van der Waals surface area contributed by atoms with Gasteiger partial charge >= 0.3 is 0 Å². The van der Waals surface area contributed by atoms with Crippen LogP contribution in [0.4, 0.5) is 5.13 Å². The van der Waals surface area contributed by atoms with Crippen molar-refractivity contribution in [1.82, 2.24) is 9.97 Å². The van der Waals surface area contributed by atoms with E-state index in [0.29, 0.717) is 5.13 Å². The van der Waals surface area contributed by atoms with Gasteiger partial charge < -0.3 is 5.32 Å². The van der Waals surface area contributed by atoms with Gasteiger partial charge in [0.2, 0.25) is 5.91 Å². The quantitative estimate of drug-likeness (QED) is 0.519. The molecule has 0 bridgehead atoms. The fourth-order valence-corrected chi connectivity index (χ4v) is 4.17. The minimum Gasteiger partial charge on any atom is -0.301 e. The van der Waals surface area contributed by atoms with Crippen molar-refractivity contribution in [2.75, 3.05) is 5.32 Å². The minimum atomic E-state index is -0.263. The Balaban J connectivity index is 1.47. The summed E-state index contributed by atoms with van der Waals surface area (Å²) in [6, 6.07) is 19.8. The third-order valence-electron chi connectivity index (χ3n) is 3.76. The molecule has 1 unspecified atom stereocenters. The van der Waals surface area contributed by atoms with Gasteiger partial charge in [0.25, 0.3) is 0 Å². The molecule has 124 valence electrons. The lowest BCUT2D eigenvalue weighted by atomic mass is 10.2. The number of nitrogens with one attached hydrogen (secondary N) is 1. The van der Waals surface area contributed by atoms with E-state index in [9.17, 15) is 4.79 Å². The van der Waals surface area contributed by atoms with Crippen LogP contribution in [0.1, 0.15) is 6.92 Å². The third kappa shape index (κ3) is 3.50. The molecule has 2 heterocycles. The zero-order valence-electron chi connectivity index (χ0n) is 13.5. The van der Waals surface area contributed by atoms with Crippen LogP contribution in [0.5, 0.6) is 0 Å². The van der Waals surface area contributed by atoms with Crippen LogP contribution in [0.3, 0.4) is 0 Å². The number of pyridine rings is 1. The topological polar surface area (TPSA) is 54.9 Å².